The Labute approximate surface area is 122 Å². The van der Waals surface area contributed by atoms with Crippen molar-refractivity contribution in [3.8, 4) is 0 Å². The summed E-state index contributed by atoms with van der Waals surface area (Å²) in [6.45, 7) is 6.24. The quantitative estimate of drug-likeness (QED) is 0.798. The fourth-order valence-corrected chi connectivity index (χ4v) is 3.36. The zero-order chi connectivity index (χ0) is 14.8. The van der Waals surface area contributed by atoms with Gasteiger partial charge in [-0.25, -0.2) is 8.78 Å². The summed E-state index contributed by atoms with van der Waals surface area (Å²) in [5.74, 6) is -0.759. The highest BCUT2D eigenvalue weighted by Crippen LogP contribution is 2.30. The van der Waals surface area contributed by atoms with Gasteiger partial charge in [-0.3, -0.25) is 9.69 Å². The molecule has 0 amide bonds. The number of hydrogen-bond donors (Lipinski definition) is 0. The van der Waals surface area contributed by atoms with Crippen LogP contribution >= 0.6 is 11.8 Å². The molecule has 0 radical (unpaired) electrons. The third-order valence-electron chi connectivity index (χ3n) is 3.53. The highest BCUT2D eigenvalue weighted by Gasteiger charge is 2.25. The second kappa shape index (κ2) is 6.22. The zero-order valence-electron chi connectivity index (χ0n) is 11.8. The molecular weight excluding hydrogens is 280 g/mol. The van der Waals surface area contributed by atoms with Gasteiger partial charge in [0.2, 0.25) is 0 Å². The van der Waals surface area contributed by atoms with Gasteiger partial charge >= 0.3 is 0 Å². The molecule has 1 aliphatic rings. The second-order valence-corrected chi connectivity index (χ2v) is 7.48. The van der Waals surface area contributed by atoms with Gasteiger partial charge in [0.25, 0.3) is 0 Å². The molecule has 1 fully saturated rings. The normalized spacial score (nSPS) is 19.6. The maximum atomic E-state index is 13.6. The SMILES string of the molecule is CC1(C)CCN(CC(=O)c2ccc(F)cc2F)CCS1. The Hall–Kier alpha value is -0.940. The van der Waals surface area contributed by atoms with Crippen LogP contribution in [0.25, 0.3) is 0 Å². The van der Waals surface area contributed by atoms with Crippen molar-refractivity contribution >= 4 is 17.5 Å². The first kappa shape index (κ1) is 15.4. The molecule has 0 aliphatic carbocycles. The molecule has 0 bridgehead atoms. The number of carbonyl (C=O) groups excluding carboxylic acids is 1. The number of ketones is 1. The van der Waals surface area contributed by atoms with Crippen LogP contribution < -0.4 is 0 Å². The van der Waals surface area contributed by atoms with Gasteiger partial charge in [-0.05, 0) is 25.1 Å². The van der Waals surface area contributed by atoms with Gasteiger partial charge in [0.15, 0.2) is 5.78 Å². The topological polar surface area (TPSA) is 20.3 Å². The number of hydrogen-bond acceptors (Lipinski definition) is 3. The summed E-state index contributed by atoms with van der Waals surface area (Å²) in [5.41, 5.74) is -0.0254. The van der Waals surface area contributed by atoms with Crippen molar-refractivity contribution in [2.75, 3.05) is 25.4 Å². The Morgan fingerprint density at radius 3 is 2.80 bits per heavy atom. The van der Waals surface area contributed by atoms with Gasteiger partial charge in [0.05, 0.1) is 12.1 Å². The second-order valence-electron chi connectivity index (χ2n) is 5.68. The van der Waals surface area contributed by atoms with Crippen molar-refractivity contribution in [1.29, 1.82) is 0 Å². The monoisotopic (exact) mass is 299 g/mol. The first-order valence-corrected chi connectivity index (χ1v) is 7.70. The van der Waals surface area contributed by atoms with E-state index in [1.807, 2.05) is 16.7 Å². The van der Waals surface area contributed by atoms with E-state index in [1.54, 1.807) is 0 Å². The van der Waals surface area contributed by atoms with E-state index in [4.69, 9.17) is 0 Å². The van der Waals surface area contributed by atoms with Crippen LogP contribution in [0.15, 0.2) is 18.2 Å². The van der Waals surface area contributed by atoms with E-state index < -0.39 is 11.6 Å². The summed E-state index contributed by atoms with van der Waals surface area (Å²) in [4.78, 5) is 14.2. The first-order valence-electron chi connectivity index (χ1n) is 6.72. The first-order chi connectivity index (χ1) is 9.37. The molecule has 5 heteroatoms. The van der Waals surface area contributed by atoms with Crippen molar-refractivity contribution in [2.24, 2.45) is 0 Å². The van der Waals surface area contributed by atoms with Crippen molar-refractivity contribution in [2.45, 2.75) is 25.0 Å². The molecule has 110 valence electrons. The smallest absolute Gasteiger partial charge is 0.179 e. The number of benzene rings is 1. The zero-order valence-corrected chi connectivity index (χ0v) is 12.6. The number of thioether (sulfide) groups is 1. The lowest BCUT2D eigenvalue weighted by molar-refractivity contribution is 0.0929. The van der Waals surface area contributed by atoms with Gasteiger partial charge in [0, 0.05) is 23.1 Å². The number of halogens is 2. The Morgan fingerprint density at radius 2 is 2.10 bits per heavy atom. The average molecular weight is 299 g/mol. The number of Topliss-reactive ketones (excluding diaryl/α,β-unsaturated/α-hetero) is 1. The predicted octanol–water partition coefficient (Wildman–Crippen LogP) is 3.37. The third-order valence-corrected chi connectivity index (χ3v) is 4.90. The molecule has 0 spiro atoms. The molecule has 2 rings (SSSR count). The Balaban J connectivity index is 2.01. The van der Waals surface area contributed by atoms with Crippen molar-refractivity contribution in [1.82, 2.24) is 4.90 Å². The highest BCUT2D eigenvalue weighted by atomic mass is 32.2. The molecule has 0 aromatic heterocycles. The van der Waals surface area contributed by atoms with Gasteiger partial charge in [-0.15, -0.1) is 0 Å². The third kappa shape index (κ3) is 4.03. The molecule has 2 nitrogen and oxygen atoms in total. The Morgan fingerprint density at radius 1 is 1.35 bits per heavy atom. The number of rotatable bonds is 3. The number of carbonyl (C=O) groups is 1. The maximum Gasteiger partial charge on any atom is 0.179 e. The van der Waals surface area contributed by atoms with E-state index in [0.29, 0.717) is 0 Å². The lowest BCUT2D eigenvalue weighted by Crippen LogP contribution is -2.32. The van der Waals surface area contributed by atoms with Crippen LogP contribution in [0.2, 0.25) is 0 Å². The van der Waals surface area contributed by atoms with Gasteiger partial charge in [-0.1, -0.05) is 13.8 Å². The Bertz CT molecular complexity index is 505. The molecule has 0 unspecified atom stereocenters. The predicted molar refractivity (Wildman–Crippen MR) is 78.3 cm³/mol. The van der Waals surface area contributed by atoms with E-state index >= 15 is 0 Å². The van der Waals surface area contributed by atoms with Crippen LogP contribution in [0.4, 0.5) is 8.78 Å². The van der Waals surface area contributed by atoms with Crippen molar-refractivity contribution in [3.05, 3.63) is 35.4 Å². The lowest BCUT2D eigenvalue weighted by atomic mass is 10.1. The molecule has 1 aliphatic heterocycles. The summed E-state index contributed by atoms with van der Waals surface area (Å²) < 4.78 is 26.6. The molecule has 1 saturated heterocycles. The minimum Gasteiger partial charge on any atom is -0.295 e. The lowest BCUT2D eigenvalue weighted by Gasteiger charge is -2.22. The van der Waals surface area contributed by atoms with E-state index in [2.05, 4.69) is 13.8 Å². The maximum absolute atomic E-state index is 13.6. The minimum absolute atomic E-state index is 0.0254. The van der Waals surface area contributed by atoms with Crippen LogP contribution in [0, 0.1) is 11.6 Å². The van der Waals surface area contributed by atoms with Gasteiger partial charge in [-0.2, -0.15) is 11.8 Å². The largest absolute Gasteiger partial charge is 0.295 e. The molecule has 0 atom stereocenters. The molecule has 1 heterocycles. The van der Waals surface area contributed by atoms with E-state index in [9.17, 15) is 13.6 Å². The van der Waals surface area contributed by atoms with Crippen LogP contribution in [0.1, 0.15) is 30.6 Å². The summed E-state index contributed by atoms with van der Waals surface area (Å²) >= 11 is 1.90. The molecule has 1 aromatic carbocycles. The summed E-state index contributed by atoms with van der Waals surface area (Å²) in [6.07, 6.45) is 0.997. The molecular formula is C15H19F2NOS. The van der Waals surface area contributed by atoms with Crippen LogP contribution in [0.3, 0.4) is 0 Å². The van der Waals surface area contributed by atoms with Gasteiger partial charge < -0.3 is 0 Å². The number of nitrogens with zero attached hydrogens (tertiary/aromatic N) is 1. The minimum atomic E-state index is -0.778. The molecule has 0 saturated carbocycles. The summed E-state index contributed by atoms with van der Waals surface area (Å²) in [7, 11) is 0. The van der Waals surface area contributed by atoms with E-state index in [1.165, 1.54) is 6.07 Å². The molecule has 0 N–H and O–H groups in total. The van der Waals surface area contributed by atoms with E-state index in [0.717, 1.165) is 37.4 Å². The Kier molecular flexibility index (Phi) is 4.81. The van der Waals surface area contributed by atoms with Crippen LogP contribution in [-0.2, 0) is 0 Å². The molecule has 1 aromatic rings. The standard InChI is InChI=1S/C15H19F2NOS/c1-15(2)5-6-18(7-8-20-15)10-14(19)12-4-3-11(16)9-13(12)17/h3-4,9H,5-8,10H2,1-2H3. The molecule has 20 heavy (non-hydrogen) atoms. The summed E-state index contributed by atoms with van der Waals surface area (Å²) in [6, 6.07) is 3.11. The summed E-state index contributed by atoms with van der Waals surface area (Å²) in [5, 5.41) is 0. The fraction of sp³-hybridized carbons (Fsp3) is 0.533. The highest BCUT2D eigenvalue weighted by molar-refractivity contribution is 8.00. The van der Waals surface area contributed by atoms with Crippen LogP contribution in [0.5, 0.6) is 0 Å². The van der Waals surface area contributed by atoms with E-state index in [-0.39, 0.29) is 22.6 Å². The van der Waals surface area contributed by atoms with Crippen molar-refractivity contribution in [3.63, 3.8) is 0 Å². The fourth-order valence-electron chi connectivity index (χ4n) is 2.22. The average Bonchev–Trinajstić information content (AvgIpc) is 2.51. The van der Waals surface area contributed by atoms with Gasteiger partial charge in [0.1, 0.15) is 11.6 Å². The van der Waals surface area contributed by atoms with Crippen molar-refractivity contribution < 1.29 is 13.6 Å². The van der Waals surface area contributed by atoms with Crippen LogP contribution in [-0.4, -0.2) is 40.8 Å².